The molecule has 2 nitrogen and oxygen atoms in total. The van der Waals surface area contributed by atoms with Crippen molar-refractivity contribution in [2.75, 3.05) is 7.11 Å². The lowest BCUT2D eigenvalue weighted by atomic mass is 9.57. The Morgan fingerprint density at radius 3 is 1.55 bits per heavy atom. The molecular formula is C40H36O2. The summed E-state index contributed by atoms with van der Waals surface area (Å²) in [7, 11) is 1.68. The predicted molar refractivity (Wildman–Crippen MR) is 170 cm³/mol. The van der Waals surface area contributed by atoms with E-state index in [1.54, 1.807) is 7.11 Å². The van der Waals surface area contributed by atoms with Gasteiger partial charge in [0.15, 0.2) is 0 Å². The molecule has 208 valence electrons. The number of hydrogen-bond donors (Lipinski definition) is 1. The minimum absolute atomic E-state index is 0.126. The summed E-state index contributed by atoms with van der Waals surface area (Å²) in [5, 5.41) is 12.8. The van der Waals surface area contributed by atoms with Gasteiger partial charge in [-0.2, -0.15) is 0 Å². The maximum absolute atomic E-state index is 12.8. The highest BCUT2D eigenvalue weighted by atomic mass is 16.5. The van der Waals surface area contributed by atoms with Gasteiger partial charge in [0.1, 0.15) is 5.75 Å². The zero-order valence-electron chi connectivity index (χ0n) is 24.0. The highest BCUT2D eigenvalue weighted by molar-refractivity contribution is 5.85. The van der Waals surface area contributed by atoms with Crippen molar-refractivity contribution in [3.63, 3.8) is 0 Å². The van der Waals surface area contributed by atoms with Crippen molar-refractivity contribution >= 4 is 5.57 Å². The van der Waals surface area contributed by atoms with Crippen molar-refractivity contribution < 1.29 is 9.84 Å². The molecule has 0 saturated heterocycles. The maximum Gasteiger partial charge on any atom is 0.118 e. The molecule has 0 heterocycles. The van der Waals surface area contributed by atoms with Gasteiger partial charge in [-0.3, -0.25) is 0 Å². The van der Waals surface area contributed by atoms with Gasteiger partial charge in [-0.25, -0.2) is 0 Å². The molecule has 2 fully saturated rings. The first-order chi connectivity index (χ1) is 20.7. The van der Waals surface area contributed by atoms with Crippen LogP contribution in [-0.4, -0.2) is 12.2 Å². The van der Waals surface area contributed by atoms with E-state index in [4.69, 9.17) is 4.74 Å². The molecule has 0 unspecified atom stereocenters. The predicted octanol–water partition coefficient (Wildman–Crippen LogP) is 9.02. The Kier molecular flexibility index (Phi) is 6.80. The Hall–Kier alpha value is -4.40. The second-order valence-electron chi connectivity index (χ2n) is 11.8. The summed E-state index contributed by atoms with van der Waals surface area (Å²) >= 11 is 0. The Bertz CT molecular complexity index is 1590. The third-order valence-corrected chi connectivity index (χ3v) is 9.67. The number of methoxy groups -OCH3 is 1. The van der Waals surface area contributed by atoms with Gasteiger partial charge in [0.2, 0.25) is 0 Å². The highest BCUT2D eigenvalue weighted by Gasteiger charge is 2.70. The summed E-state index contributed by atoms with van der Waals surface area (Å²) in [6.45, 7) is 0. The number of aliphatic hydroxyl groups is 1. The first kappa shape index (κ1) is 26.5. The first-order valence-corrected chi connectivity index (χ1v) is 15.0. The van der Waals surface area contributed by atoms with Crippen LogP contribution in [0.5, 0.6) is 5.75 Å². The van der Waals surface area contributed by atoms with E-state index < -0.39 is 11.5 Å². The summed E-state index contributed by atoms with van der Waals surface area (Å²) < 4.78 is 5.47. The van der Waals surface area contributed by atoms with Gasteiger partial charge in [-0.15, -0.1) is 0 Å². The molecule has 5 aromatic rings. The van der Waals surface area contributed by atoms with E-state index in [1.165, 1.54) is 33.4 Å². The molecular weight excluding hydrogens is 512 g/mol. The van der Waals surface area contributed by atoms with E-state index in [1.807, 2.05) is 24.3 Å². The second-order valence-corrected chi connectivity index (χ2v) is 11.8. The Balaban J connectivity index is 1.45. The number of rotatable bonds is 9. The summed E-state index contributed by atoms with van der Waals surface area (Å²) in [5.74, 6) is 1.15. The van der Waals surface area contributed by atoms with Gasteiger partial charge < -0.3 is 9.84 Å². The molecule has 2 saturated carbocycles. The summed E-state index contributed by atoms with van der Waals surface area (Å²) in [5.41, 5.74) is 7.87. The average Bonchev–Trinajstić information content (AvgIpc) is 4.00. The van der Waals surface area contributed by atoms with E-state index in [-0.39, 0.29) is 5.41 Å². The summed E-state index contributed by atoms with van der Waals surface area (Å²) in [6, 6.07) is 51.1. The fourth-order valence-electron chi connectivity index (χ4n) is 7.63. The maximum atomic E-state index is 12.8. The fraction of sp³-hybridized carbons (Fsp3) is 0.200. The Labute approximate surface area is 249 Å². The van der Waals surface area contributed by atoms with Gasteiger partial charge in [-0.1, -0.05) is 139 Å². The zero-order valence-corrected chi connectivity index (χ0v) is 24.0. The normalized spacial score (nSPS) is 17.8. The highest BCUT2D eigenvalue weighted by Crippen LogP contribution is 2.76. The van der Waals surface area contributed by atoms with Crippen LogP contribution in [0.3, 0.4) is 0 Å². The lowest BCUT2D eigenvalue weighted by molar-refractivity contribution is 0.0464. The van der Waals surface area contributed by atoms with Crippen LogP contribution in [-0.2, 0) is 5.41 Å². The van der Waals surface area contributed by atoms with Crippen molar-refractivity contribution in [3.8, 4) is 5.75 Å². The van der Waals surface area contributed by atoms with Crippen LogP contribution < -0.4 is 4.74 Å². The molecule has 1 N–H and O–H groups in total. The third-order valence-electron chi connectivity index (χ3n) is 9.67. The molecule has 5 aromatic carbocycles. The van der Waals surface area contributed by atoms with Gasteiger partial charge in [0.05, 0.1) is 18.6 Å². The first-order valence-electron chi connectivity index (χ1n) is 15.0. The van der Waals surface area contributed by atoms with E-state index in [0.29, 0.717) is 5.92 Å². The van der Waals surface area contributed by atoms with E-state index in [0.717, 1.165) is 30.6 Å². The molecule has 7 rings (SSSR count). The fourth-order valence-corrected chi connectivity index (χ4v) is 7.63. The number of aliphatic hydroxyl groups excluding tert-OH is 1. The summed E-state index contributed by atoms with van der Waals surface area (Å²) in [6.07, 6.45) is 2.43. The zero-order chi connectivity index (χ0) is 28.6. The molecule has 0 aromatic heterocycles. The lowest BCUT2D eigenvalue weighted by Gasteiger charge is -2.47. The van der Waals surface area contributed by atoms with Crippen molar-refractivity contribution in [1.29, 1.82) is 0 Å². The molecule has 2 aliphatic rings. The van der Waals surface area contributed by atoms with Crippen LogP contribution in [0.1, 0.15) is 53.2 Å². The molecule has 0 amide bonds. The molecule has 2 aliphatic carbocycles. The van der Waals surface area contributed by atoms with Gasteiger partial charge >= 0.3 is 0 Å². The monoisotopic (exact) mass is 548 g/mol. The van der Waals surface area contributed by atoms with Crippen molar-refractivity contribution in [2.24, 2.45) is 11.3 Å². The molecule has 2 atom stereocenters. The molecule has 2 heteroatoms. The molecule has 0 bridgehead atoms. The molecule has 0 radical (unpaired) electrons. The molecule has 0 spiro atoms. The van der Waals surface area contributed by atoms with Crippen LogP contribution in [0.4, 0.5) is 0 Å². The molecule has 42 heavy (non-hydrogen) atoms. The third kappa shape index (κ3) is 4.30. The van der Waals surface area contributed by atoms with Crippen LogP contribution in [0.25, 0.3) is 5.57 Å². The number of ether oxygens (including phenoxy) is 1. The smallest absolute Gasteiger partial charge is 0.118 e. The SMILES string of the molecule is COc1ccc([C@H](O)C(c2ccccc2)(c2ccccc2)C2([C@@H]3CC3=C(c3ccccc3)c3ccccc3)CC2)cc1. The summed E-state index contributed by atoms with van der Waals surface area (Å²) in [4.78, 5) is 0. The minimum atomic E-state index is -0.741. The topological polar surface area (TPSA) is 29.5 Å². The van der Waals surface area contributed by atoms with Crippen LogP contribution in [0, 0.1) is 11.3 Å². The lowest BCUT2D eigenvalue weighted by Crippen LogP contribution is -2.45. The average molecular weight is 549 g/mol. The van der Waals surface area contributed by atoms with E-state index in [2.05, 4.69) is 121 Å². The Morgan fingerprint density at radius 1 is 0.667 bits per heavy atom. The standard InChI is InChI=1S/C40H36O2/c1-42-34-24-22-31(23-25-34)38(41)40(32-18-10-4-11-19-32,33-20-12-5-13-21-33)39(26-27-39)36-28-35(36)37(29-14-6-2-7-15-29)30-16-8-3-9-17-30/h2-25,36,38,41H,26-28H2,1H3/t36-,38+/m1/s1. The minimum Gasteiger partial charge on any atom is -0.497 e. The second kappa shape index (κ2) is 10.8. The van der Waals surface area contributed by atoms with Gasteiger partial charge in [0.25, 0.3) is 0 Å². The van der Waals surface area contributed by atoms with Crippen molar-refractivity contribution in [2.45, 2.75) is 30.8 Å². The van der Waals surface area contributed by atoms with Gasteiger partial charge in [0, 0.05) is 0 Å². The van der Waals surface area contributed by atoms with Crippen molar-refractivity contribution in [3.05, 3.63) is 179 Å². The van der Waals surface area contributed by atoms with Crippen molar-refractivity contribution in [1.82, 2.24) is 0 Å². The quantitative estimate of drug-likeness (QED) is 0.199. The van der Waals surface area contributed by atoms with E-state index >= 15 is 0 Å². The molecule has 0 aliphatic heterocycles. The van der Waals surface area contributed by atoms with Gasteiger partial charge in [-0.05, 0) is 76.1 Å². The number of hydrogen-bond acceptors (Lipinski definition) is 2. The Morgan fingerprint density at radius 2 is 1.12 bits per heavy atom. The number of allylic oxidation sites excluding steroid dienone is 1. The van der Waals surface area contributed by atoms with Crippen LogP contribution >= 0.6 is 0 Å². The largest absolute Gasteiger partial charge is 0.497 e. The van der Waals surface area contributed by atoms with Crippen LogP contribution in [0.2, 0.25) is 0 Å². The number of benzene rings is 5. The van der Waals surface area contributed by atoms with Crippen LogP contribution in [0.15, 0.2) is 151 Å². The van der Waals surface area contributed by atoms with E-state index in [9.17, 15) is 5.11 Å².